The lowest BCUT2D eigenvalue weighted by Crippen LogP contribution is -2.37. The van der Waals surface area contributed by atoms with E-state index in [1.54, 1.807) is 0 Å². The van der Waals surface area contributed by atoms with Crippen molar-refractivity contribution in [3.8, 4) is 0 Å². The van der Waals surface area contributed by atoms with Gasteiger partial charge in [-0.2, -0.15) is 0 Å². The average molecular weight is 303 g/mol. The fourth-order valence-electron chi connectivity index (χ4n) is 1.95. The van der Waals surface area contributed by atoms with Crippen LogP contribution in [0.2, 0.25) is 0 Å². The molecule has 0 aromatic heterocycles. The summed E-state index contributed by atoms with van der Waals surface area (Å²) in [6.07, 6.45) is 3.11. The van der Waals surface area contributed by atoms with Gasteiger partial charge >= 0.3 is 5.97 Å². The van der Waals surface area contributed by atoms with Gasteiger partial charge in [-0.05, 0) is 12.8 Å². The van der Waals surface area contributed by atoms with Gasteiger partial charge in [0.2, 0.25) is 0 Å². The monoisotopic (exact) mass is 303 g/mol. The normalized spacial score (nSPS) is 20.1. The number of hydrogen-bond acceptors (Lipinski definition) is 5. The molecular formula is C13H21NO5S. The summed E-state index contributed by atoms with van der Waals surface area (Å²) >= 11 is 0. The molecule has 1 heterocycles. The number of nitrogens with one attached hydrogen (secondary N) is 1. The van der Waals surface area contributed by atoms with Crippen LogP contribution in [0.15, 0.2) is 11.5 Å². The molecule has 1 rings (SSSR count). The second kappa shape index (κ2) is 7.42. The van der Waals surface area contributed by atoms with Gasteiger partial charge in [-0.15, -0.1) is 0 Å². The van der Waals surface area contributed by atoms with Crippen molar-refractivity contribution in [1.29, 1.82) is 0 Å². The molecule has 0 saturated carbocycles. The number of amides is 1. The topological polar surface area (TPSA) is 89.5 Å². The summed E-state index contributed by atoms with van der Waals surface area (Å²) in [5.74, 6) is -1.31. The Morgan fingerprint density at radius 2 is 2.00 bits per heavy atom. The van der Waals surface area contributed by atoms with E-state index in [0.717, 1.165) is 18.2 Å². The molecular weight excluding hydrogens is 282 g/mol. The van der Waals surface area contributed by atoms with Crippen LogP contribution in [-0.2, 0) is 24.2 Å². The van der Waals surface area contributed by atoms with Gasteiger partial charge < -0.3 is 10.1 Å². The first-order chi connectivity index (χ1) is 9.36. The maximum absolute atomic E-state index is 11.5. The SMILES string of the molecule is CCC(CC)NC(=O)COC(=O)CC1C=CS(=O)(=O)C1. The first-order valence-electron chi connectivity index (χ1n) is 6.72. The third kappa shape index (κ3) is 5.73. The van der Waals surface area contributed by atoms with Crippen molar-refractivity contribution in [2.75, 3.05) is 12.4 Å². The van der Waals surface area contributed by atoms with Crippen molar-refractivity contribution in [2.24, 2.45) is 5.92 Å². The minimum absolute atomic E-state index is 0.0198. The number of carbonyl (C=O) groups excluding carboxylic acids is 2. The number of esters is 1. The molecule has 1 aliphatic heterocycles. The molecule has 0 bridgehead atoms. The Morgan fingerprint density at radius 3 is 2.50 bits per heavy atom. The van der Waals surface area contributed by atoms with Crippen molar-refractivity contribution < 1.29 is 22.7 Å². The lowest BCUT2D eigenvalue weighted by Gasteiger charge is -2.14. The summed E-state index contributed by atoms with van der Waals surface area (Å²) in [6.45, 7) is 3.61. The van der Waals surface area contributed by atoms with Crippen LogP contribution in [-0.4, -0.2) is 38.7 Å². The Hall–Kier alpha value is -1.37. The first kappa shape index (κ1) is 16.7. The van der Waals surface area contributed by atoms with Crippen molar-refractivity contribution in [3.63, 3.8) is 0 Å². The quantitative estimate of drug-likeness (QED) is 0.702. The van der Waals surface area contributed by atoms with E-state index in [1.807, 2.05) is 13.8 Å². The van der Waals surface area contributed by atoms with E-state index >= 15 is 0 Å². The maximum atomic E-state index is 11.5. The Labute approximate surface area is 119 Å². The molecule has 1 amide bonds. The number of allylic oxidation sites excluding steroid dienone is 1. The number of ether oxygens (including phenoxy) is 1. The van der Waals surface area contributed by atoms with Crippen molar-refractivity contribution >= 4 is 21.7 Å². The molecule has 0 aliphatic carbocycles. The van der Waals surface area contributed by atoms with Crippen LogP contribution in [0.3, 0.4) is 0 Å². The number of hydrogen-bond donors (Lipinski definition) is 1. The third-order valence-corrected chi connectivity index (χ3v) is 4.61. The molecule has 1 atom stereocenters. The lowest BCUT2D eigenvalue weighted by molar-refractivity contribution is -0.149. The van der Waals surface area contributed by atoms with Gasteiger partial charge in [0.15, 0.2) is 16.4 Å². The molecule has 1 aliphatic rings. The van der Waals surface area contributed by atoms with E-state index in [-0.39, 0.29) is 36.6 Å². The fourth-order valence-corrected chi connectivity index (χ4v) is 3.35. The number of carbonyl (C=O) groups is 2. The second-order valence-electron chi connectivity index (χ2n) is 4.86. The molecule has 6 nitrogen and oxygen atoms in total. The van der Waals surface area contributed by atoms with E-state index in [1.165, 1.54) is 6.08 Å². The molecule has 1 unspecified atom stereocenters. The van der Waals surface area contributed by atoms with Crippen molar-refractivity contribution in [2.45, 2.75) is 39.2 Å². The van der Waals surface area contributed by atoms with Gasteiger partial charge in [0.1, 0.15) is 0 Å². The molecule has 0 saturated heterocycles. The molecule has 0 fully saturated rings. The predicted octanol–water partition coefficient (Wildman–Crippen LogP) is 0.783. The molecule has 0 spiro atoms. The predicted molar refractivity (Wildman–Crippen MR) is 74.5 cm³/mol. The fraction of sp³-hybridized carbons (Fsp3) is 0.692. The molecule has 0 radical (unpaired) electrons. The van der Waals surface area contributed by atoms with Crippen molar-refractivity contribution in [1.82, 2.24) is 5.32 Å². The molecule has 0 aromatic rings. The highest BCUT2D eigenvalue weighted by Crippen LogP contribution is 2.18. The van der Waals surface area contributed by atoms with E-state index in [4.69, 9.17) is 4.74 Å². The second-order valence-corrected chi connectivity index (χ2v) is 6.80. The van der Waals surface area contributed by atoms with Gasteiger partial charge in [0.05, 0.1) is 12.2 Å². The summed E-state index contributed by atoms with van der Waals surface area (Å²) in [4.78, 5) is 23.0. The number of rotatable bonds is 7. The lowest BCUT2D eigenvalue weighted by atomic mass is 10.1. The molecule has 20 heavy (non-hydrogen) atoms. The Bertz CT molecular complexity index is 479. The third-order valence-electron chi connectivity index (χ3n) is 3.15. The van der Waals surface area contributed by atoms with E-state index in [2.05, 4.69) is 5.32 Å². The highest BCUT2D eigenvalue weighted by Gasteiger charge is 2.24. The Balaban J connectivity index is 2.27. The highest BCUT2D eigenvalue weighted by molar-refractivity contribution is 7.94. The maximum Gasteiger partial charge on any atom is 0.306 e. The summed E-state index contributed by atoms with van der Waals surface area (Å²) in [5.41, 5.74) is 0. The molecule has 7 heteroatoms. The molecule has 1 N–H and O–H groups in total. The Morgan fingerprint density at radius 1 is 1.35 bits per heavy atom. The van der Waals surface area contributed by atoms with Crippen LogP contribution in [0.25, 0.3) is 0 Å². The zero-order chi connectivity index (χ0) is 15.2. The van der Waals surface area contributed by atoms with Crippen LogP contribution in [0.1, 0.15) is 33.1 Å². The summed E-state index contributed by atoms with van der Waals surface area (Å²) in [5, 5.41) is 3.87. The summed E-state index contributed by atoms with van der Waals surface area (Å²) < 4.78 is 27.2. The number of sulfone groups is 1. The largest absolute Gasteiger partial charge is 0.456 e. The minimum atomic E-state index is -3.16. The van der Waals surface area contributed by atoms with E-state index in [0.29, 0.717) is 0 Å². The van der Waals surface area contributed by atoms with Crippen LogP contribution < -0.4 is 5.32 Å². The standard InChI is InChI=1S/C13H21NO5S/c1-3-11(4-2)14-12(15)8-19-13(16)7-10-5-6-20(17,18)9-10/h5-6,10-11H,3-4,7-9H2,1-2H3,(H,14,15). The van der Waals surface area contributed by atoms with Crippen LogP contribution in [0.5, 0.6) is 0 Å². The first-order valence-corrected chi connectivity index (χ1v) is 8.43. The van der Waals surface area contributed by atoms with Gasteiger partial charge in [-0.25, -0.2) is 8.42 Å². The van der Waals surface area contributed by atoms with Gasteiger partial charge in [-0.3, -0.25) is 9.59 Å². The minimum Gasteiger partial charge on any atom is -0.456 e. The van der Waals surface area contributed by atoms with Crippen molar-refractivity contribution in [3.05, 3.63) is 11.5 Å². The molecule has 114 valence electrons. The Kier molecular flexibility index (Phi) is 6.19. The van der Waals surface area contributed by atoms with Crippen LogP contribution in [0.4, 0.5) is 0 Å². The summed E-state index contributed by atoms with van der Waals surface area (Å²) in [7, 11) is -3.16. The smallest absolute Gasteiger partial charge is 0.306 e. The highest BCUT2D eigenvalue weighted by atomic mass is 32.2. The van der Waals surface area contributed by atoms with Gasteiger partial charge in [-0.1, -0.05) is 19.9 Å². The van der Waals surface area contributed by atoms with E-state index in [9.17, 15) is 18.0 Å². The zero-order valence-electron chi connectivity index (χ0n) is 11.8. The zero-order valence-corrected chi connectivity index (χ0v) is 12.6. The van der Waals surface area contributed by atoms with Crippen LogP contribution in [0, 0.1) is 5.92 Å². The molecule has 0 aromatic carbocycles. The van der Waals surface area contributed by atoms with E-state index < -0.39 is 15.8 Å². The van der Waals surface area contributed by atoms with Gasteiger partial charge in [0, 0.05) is 17.4 Å². The van der Waals surface area contributed by atoms with Gasteiger partial charge in [0.25, 0.3) is 5.91 Å². The van der Waals surface area contributed by atoms with Crippen LogP contribution >= 0.6 is 0 Å². The summed E-state index contributed by atoms with van der Waals surface area (Å²) in [6, 6.07) is 0.0871. The average Bonchev–Trinajstić information content (AvgIpc) is 2.72.